The molecule has 1 amide bonds. The van der Waals surface area contributed by atoms with Crippen molar-refractivity contribution >= 4 is 5.91 Å². The lowest BCUT2D eigenvalue weighted by Crippen LogP contribution is -2.50. The zero-order valence-electron chi connectivity index (χ0n) is 12.3. The summed E-state index contributed by atoms with van der Waals surface area (Å²) in [6, 6.07) is 9.32. The van der Waals surface area contributed by atoms with Gasteiger partial charge in [0.25, 0.3) is 5.91 Å². The Bertz CT molecular complexity index is 693. The lowest BCUT2D eigenvalue weighted by Gasteiger charge is -2.28. The number of amides is 1. The zero-order valence-corrected chi connectivity index (χ0v) is 12.3. The smallest absolute Gasteiger partial charge is 0.287 e. The number of nitrogens with one attached hydrogen (secondary N) is 1. The van der Waals surface area contributed by atoms with Crippen LogP contribution in [0.4, 0.5) is 4.39 Å². The molecule has 2 aromatic rings. The summed E-state index contributed by atoms with van der Waals surface area (Å²) in [5.41, 5.74) is -0.323. The Hall–Kier alpha value is -2.14. The van der Waals surface area contributed by atoms with Gasteiger partial charge in [0.2, 0.25) is 0 Å². The van der Waals surface area contributed by atoms with E-state index >= 15 is 0 Å². The minimum atomic E-state index is -0.637. The van der Waals surface area contributed by atoms with Gasteiger partial charge in [-0.25, -0.2) is 4.39 Å². The number of rotatable bonds is 5. The Morgan fingerprint density at radius 1 is 1.36 bits per heavy atom. The Balaban J connectivity index is 1.79. The van der Waals surface area contributed by atoms with Crippen LogP contribution >= 0.6 is 0 Å². The third kappa shape index (κ3) is 2.76. The lowest BCUT2D eigenvalue weighted by molar-refractivity contribution is 0.0798. The normalized spacial score (nSPS) is 17.0. The maximum absolute atomic E-state index is 13.7. The number of aliphatic hydroxyl groups is 1. The molecule has 1 heterocycles. The maximum atomic E-state index is 13.7. The molecule has 22 heavy (non-hydrogen) atoms. The quantitative estimate of drug-likeness (QED) is 0.892. The van der Waals surface area contributed by atoms with Crippen LogP contribution < -0.4 is 5.32 Å². The van der Waals surface area contributed by atoms with Crippen LogP contribution in [0.25, 0.3) is 11.3 Å². The van der Waals surface area contributed by atoms with Crippen molar-refractivity contribution in [3.05, 3.63) is 48.0 Å². The molecule has 0 saturated heterocycles. The molecule has 1 fully saturated rings. The molecule has 1 aliphatic carbocycles. The molecule has 116 valence electrons. The SMILES string of the molecule is CC(CO)(NC(=O)c1ccc(-c2ccccc2F)o1)C1CC1. The summed E-state index contributed by atoms with van der Waals surface area (Å²) in [5, 5.41) is 12.3. The van der Waals surface area contributed by atoms with E-state index in [4.69, 9.17) is 4.42 Å². The number of benzene rings is 1. The molecule has 3 rings (SSSR count). The molecule has 1 aromatic carbocycles. The predicted molar refractivity (Wildman–Crippen MR) is 79.8 cm³/mol. The van der Waals surface area contributed by atoms with Gasteiger partial charge in [-0.3, -0.25) is 4.79 Å². The standard InChI is InChI=1S/C17H18FNO3/c1-17(10-20,11-6-7-11)19-16(21)15-9-8-14(22-15)12-4-2-3-5-13(12)18/h2-5,8-9,11,20H,6-7,10H2,1H3,(H,19,21). The van der Waals surface area contributed by atoms with Crippen LogP contribution in [0, 0.1) is 11.7 Å². The molecule has 2 N–H and O–H groups in total. The van der Waals surface area contributed by atoms with E-state index in [-0.39, 0.29) is 12.4 Å². The first-order valence-electron chi connectivity index (χ1n) is 7.31. The lowest BCUT2D eigenvalue weighted by atomic mass is 9.97. The van der Waals surface area contributed by atoms with Gasteiger partial charge >= 0.3 is 0 Å². The minimum Gasteiger partial charge on any atom is -0.451 e. The van der Waals surface area contributed by atoms with Gasteiger partial charge < -0.3 is 14.8 Å². The number of hydrogen-bond acceptors (Lipinski definition) is 3. The van der Waals surface area contributed by atoms with Crippen LogP contribution in [0.1, 0.15) is 30.3 Å². The summed E-state index contributed by atoms with van der Waals surface area (Å²) in [7, 11) is 0. The highest BCUT2D eigenvalue weighted by atomic mass is 19.1. The third-order valence-corrected chi connectivity index (χ3v) is 4.18. The van der Waals surface area contributed by atoms with Crippen LogP contribution in [0.15, 0.2) is 40.8 Å². The Labute approximate surface area is 128 Å². The van der Waals surface area contributed by atoms with Gasteiger partial charge in [-0.05, 0) is 49.9 Å². The fraction of sp³-hybridized carbons (Fsp3) is 0.353. The van der Waals surface area contributed by atoms with Crippen molar-refractivity contribution in [1.82, 2.24) is 5.32 Å². The van der Waals surface area contributed by atoms with Crippen molar-refractivity contribution in [2.75, 3.05) is 6.61 Å². The number of aliphatic hydroxyl groups excluding tert-OH is 1. The number of carbonyl (C=O) groups is 1. The van der Waals surface area contributed by atoms with E-state index in [9.17, 15) is 14.3 Å². The molecule has 1 aromatic heterocycles. The highest BCUT2D eigenvalue weighted by molar-refractivity contribution is 5.92. The van der Waals surface area contributed by atoms with Crippen molar-refractivity contribution in [2.24, 2.45) is 5.92 Å². The maximum Gasteiger partial charge on any atom is 0.287 e. The van der Waals surface area contributed by atoms with Crippen LogP contribution in [-0.2, 0) is 0 Å². The first-order chi connectivity index (χ1) is 10.5. The van der Waals surface area contributed by atoms with Gasteiger partial charge in [0.1, 0.15) is 11.6 Å². The number of carbonyl (C=O) groups excluding carboxylic acids is 1. The molecule has 0 spiro atoms. The topological polar surface area (TPSA) is 62.5 Å². The van der Waals surface area contributed by atoms with Crippen molar-refractivity contribution in [2.45, 2.75) is 25.3 Å². The predicted octanol–water partition coefficient (Wildman–Crippen LogP) is 2.98. The summed E-state index contributed by atoms with van der Waals surface area (Å²) < 4.78 is 19.2. The Morgan fingerprint density at radius 2 is 2.09 bits per heavy atom. The van der Waals surface area contributed by atoms with E-state index in [1.165, 1.54) is 12.1 Å². The van der Waals surface area contributed by atoms with Crippen molar-refractivity contribution < 1.29 is 18.7 Å². The molecule has 1 atom stereocenters. The summed E-state index contributed by atoms with van der Waals surface area (Å²) in [5.74, 6) is -0.0885. The van der Waals surface area contributed by atoms with Crippen LogP contribution in [0.3, 0.4) is 0 Å². The molecule has 0 aliphatic heterocycles. The molecule has 0 bridgehead atoms. The van der Waals surface area contributed by atoms with E-state index in [2.05, 4.69) is 5.32 Å². The molecule has 0 radical (unpaired) electrons. The van der Waals surface area contributed by atoms with Crippen molar-refractivity contribution in [3.63, 3.8) is 0 Å². The molecule has 4 nitrogen and oxygen atoms in total. The number of hydrogen-bond donors (Lipinski definition) is 2. The van der Waals surface area contributed by atoms with E-state index < -0.39 is 17.3 Å². The van der Waals surface area contributed by atoms with Crippen molar-refractivity contribution in [3.8, 4) is 11.3 Å². The van der Waals surface area contributed by atoms with Crippen molar-refractivity contribution in [1.29, 1.82) is 0 Å². The summed E-state index contributed by atoms with van der Waals surface area (Å²) >= 11 is 0. The second kappa shape index (κ2) is 5.57. The largest absolute Gasteiger partial charge is 0.451 e. The van der Waals surface area contributed by atoms with Gasteiger partial charge in [0.05, 0.1) is 17.7 Å². The number of furan rings is 1. The van der Waals surface area contributed by atoms with Crippen LogP contribution in [0.2, 0.25) is 0 Å². The summed E-state index contributed by atoms with van der Waals surface area (Å²) in [6.45, 7) is 1.70. The van der Waals surface area contributed by atoms with E-state index in [1.807, 2.05) is 6.92 Å². The Morgan fingerprint density at radius 3 is 2.73 bits per heavy atom. The second-order valence-electron chi connectivity index (χ2n) is 5.95. The third-order valence-electron chi connectivity index (χ3n) is 4.18. The highest BCUT2D eigenvalue weighted by Crippen LogP contribution is 2.39. The average molecular weight is 303 g/mol. The van der Waals surface area contributed by atoms with E-state index in [0.29, 0.717) is 17.2 Å². The minimum absolute atomic E-state index is 0.110. The molecule has 5 heteroatoms. The van der Waals surface area contributed by atoms with E-state index in [1.54, 1.807) is 24.3 Å². The molecule has 1 saturated carbocycles. The zero-order chi connectivity index (χ0) is 15.7. The second-order valence-corrected chi connectivity index (χ2v) is 5.95. The van der Waals surface area contributed by atoms with Crippen LogP contribution in [0.5, 0.6) is 0 Å². The Kier molecular flexibility index (Phi) is 3.74. The van der Waals surface area contributed by atoms with Gasteiger partial charge in [-0.1, -0.05) is 12.1 Å². The van der Waals surface area contributed by atoms with Crippen LogP contribution in [-0.4, -0.2) is 23.2 Å². The van der Waals surface area contributed by atoms with E-state index in [0.717, 1.165) is 12.8 Å². The molecular weight excluding hydrogens is 285 g/mol. The highest BCUT2D eigenvalue weighted by Gasteiger charge is 2.42. The summed E-state index contributed by atoms with van der Waals surface area (Å²) in [4.78, 5) is 12.3. The fourth-order valence-electron chi connectivity index (χ4n) is 2.58. The molecule has 1 unspecified atom stereocenters. The number of halogens is 1. The van der Waals surface area contributed by atoms with Gasteiger partial charge in [-0.2, -0.15) is 0 Å². The van der Waals surface area contributed by atoms with Gasteiger partial charge in [-0.15, -0.1) is 0 Å². The average Bonchev–Trinajstić information content (AvgIpc) is 3.26. The fourth-order valence-corrected chi connectivity index (χ4v) is 2.58. The molecule has 1 aliphatic rings. The first kappa shape index (κ1) is 14.8. The summed E-state index contributed by atoms with van der Waals surface area (Å²) in [6.07, 6.45) is 1.99. The van der Waals surface area contributed by atoms with Gasteiger partial charge in [0.15, 0.2) is 5.76 Å². The molecular formula is C17H18FNO3. The van der Waals surface area contributed by atoms with Gasteiger partial charge in [0, 0.05) is 0 Å². The first-order valence-corrected chi connectivity index (χ1v) is 7.31. The monoisotopic (exact) mass is 303 g/mol.